The molecule has 0 heterocycles. The van der Waals surface area contributed by atoms with Gasteiger partial charge in [-0.05, 0) is 44.9 Å². The number of hydrogen-bond donors (Lipinski definition) is 2. The van der Waals surface area contributed by atoms with Crippen LogP contribution in [0.3, 0.4) is 0 Å². The molecule has 1 rings (SSSR count). The van der Waals surface area contributed by atoms with Crippen LogP contribution in [0.2, 0.25) is 0 Å². The highest BCUT2D eigenvalue weighted by Crippen LogP contribution is 2.18. The molecule has 0 saturated carbocycles. The first kappa shape index (κ1) is 14.5. The molecule has 0 saturated heterocycles. The van der Waals surface area contributed by atoms with Crippen LogP contribution in [0.4, 0.5) is 0 Å². The van der Waals surface area contributed by atoms with E-state index in [0.29, 0.717) is 6.54 Å². The van der Waals surface area contributed by atoms with Gasteiger partial charge in [-0.2, -0.15) is 0 Å². The molecular formula is C14H22N2O2. The predicted molar refractivity (Wildman–Crippen MR) is 72.6 cm³/mol. The van der Waals surface area contributed by atoms with Gasteiger partial charge in [0, 0.05) is 6.54 Å². The van der Waals surface area contributed by atoms with Gasteiger partial charge in [-0.15, -0.1) is 0 Å². The molecule has 0 aliphatic carbocycles. The predicted octanol–water partition coefficient (Wildman–Crippen LogP) is 1.48. The van der Waals surface area contributed by atoms with E-state index in [4.69, 9.17) is 10.5 Å². The van der Waals surface area contributed by atoms with Crippen molar-refractivity contribution in [2.75, 3.05) is 13.1 Å². The van der Waals surface area contributed by atoms with Gasteiger partial charge < -0.3 is 15.8 Å². The van der Waals surface area contributed by atoms with Gasteiger partial charge in [-0.3, -0.25) is 4.79 Å². The van der Waals surface area contributed by atoms with E-state index in [0.717, 1.165) is 17.7 Å². The maximum absolute atomic E-state index is 11.0. The maximum Gasteiger partial charge on any atom is 0.233 e. The fourth-order valence-electron chi connectivity index (χ4n) is 1.50. The fourth-order valence-corrected chi connectivity index (χ4v) is 1.50. The van der Waals surface area contributed by atoms with Crippen molar-refractivity contribution in [3.63, 3.8) is 0 Å². The van der Waals surface area contributed by atoms with Gasteiger partial charge in [0.25, 0.3) is 0 Å². The van der Waals surface area contributed by atoms with Crippen LogP contribution >= 0.6 is 0 Å². The highest BCUT2D eigenvalue weighted by molar-refractivity contribution is 5.77. The fraction of sp³-hybridized carbons (Fsp3) is 0.500. The Bertz CT molecular complexity index is 380. The molecule has 0 aliphatic heterocycles. The number of hydrogen-bond acceptors (Lipinski definition) is 3. The van der Waals surface area contributed by atoms with Crippen molar-refractivity contribution < 1.29 is 9.53 Å². The van der Waals surface area contributed by atoms with Gasteiger partial charge in [-0.25, -0.2) is 0 Å². The molecule has 0 fully saturated rings. The van der Waals surface area contributed by atoms with Gasteiger partial charge in [0.1, 0.15) is 11.4 Å². The van der Waals surface area contributed by atoms with Crippen molar-refractivity contribution in [3.8, 4) is 5.75 Å². The van der Waals surface area contributed by atoms with Crippen LogP contribution < -0.4 is 15.8 Å². The molecule has 4 nitrogen and oxygen atoms in total. The van der Waals surface area contributed by atoms with E-state index < -0.39 is 0 Å². The van der Waals surface area contributed by atoms with Crippen LogP contribution in [0.1, 0.15) is 26.3 Å². The zero-order valence-electron chi connectivity index (χ0n) is 11.3. The molecule has 0 unspecified atom stereocenters. The molecule has 3 N–H and O–H groups in total. The normalized spacial score (nSPS) is 11.1. The zero-order valence-corrected chi connectivity index (χ0v) is 11.3. The van der Waals surface area contributed by atoms with Crippen molar-refractivity contribution in [3.05, 3.63) is 29.8 Å². The third-order valence-corrected chi connectivity index (χ3v) is 2.27. The lowest BCUT2D eigenvalue weighted by atomic mass is 10.1. The average molecular weight is 250 g/mol. The summed E-state index contributed by atoms with van der Waals surface area (Å²) < 4.78 is 5.73. The number of carbonyl (C=O) groups is 1. The maximum atomic E-state index is 11.0. The lowest BCUT2D eigenvalue weighted by Gasteiger charge is -2.21. The topological polar surface area (TPSA) is 64.3 Å². The molecule has 0 spiro atoms. The molecule has 0 atom stereocenters. The number of amides is 1. The van der Waals surface area contributed by atoms with Crippen molar-refractivity contribution in [2.24, 2.45) is 5.73 Å². The van der Waals surface area contributed by atoms with E-state index in [-0.39, 0.29) is 18.1 Å². The van der Waals surface area contributed by atoms with E-state index in [2.05, 4.69) is 5.32 Å². The average Bonchev–Trinajstić information content (AvgIpc) is 2.29. The number of rotatable bonds is 5. The number of benzene rings is 1. The van der Waals surface area contributed by atoms with Crippen molar-refractivity contribution in [2.45, 2.75) is 32.8 Å². The third kappa shape index (κ3) is 5.68. The first-order chi connectivity index (χ1) is 8.40. The molecule has 1 aromatic rings. The van der Waals surface area contributed by atoms with Crippen LogP contribution in [0.25, 0.3) is 0 Å². The smallest absolute Gasteiger partial charge is 0.233 e. The Kier molecular flexibility index (Phi) is 5.16. The second-order valence-corrected chi connectivity index (χ2v) is 5.16. The molecule has 100 valence electrons. The van der Waals surface area contributed by atoms with E-state index in [1.807, 2.05) is 45.0 Å². The van der Waals surface area contributed by atoms with E-state index >= 15 is 0 Å². The SMILES string of the molecule is CC(C)(C)Oc1ccc(CCNC(=O)CN)cc1. The lowest BCUT2D eigenvalue weighted by Crippen LogP contribution is -2.31. The summed E-state index contributed by atoms with van der Waals surface area (Å²) in [6.45, 7) is 6.70. The van der Waals surface area contributed by atoms with Gasteiger partial charge in [-0.1, -0.05) is 12.1 Å². The Balaban J connectivity index is 2.43. The van der Waals surface area contributed by atoms with Gasteiger partial charge in [0.2, 0.25) is 5.91 Å². The second-order valence-electron chi connectivity index (χ2n) is 5.16. The summed E-state index contributed by atoms with van der Waals surface area (Å²) in [7, 11) is 0. The summed E-state index contributed by atoms with van der Waals surface area (Å²) >= 11 is 0. The minimum Gasteiger partial charge on any atom is -0.488 e. The monoisotopic (exact) mass is 250 g/mol. The Labute approximate surface area is 109 Å². The zero-order chi connectivity index (χ0) is 13.6. The van der Waals surface area contributed by atoms with Crippen LogP contribution in [0, 0.1) is 0 Å². The summed E-state index contributed by atoms with van der Waals surface area (Å²) in [5.74, 6) is 0.736. The van der Waals surface area contributed by atoms with Crippen LogP contribution in [0.15, 0.2) is 24.3 Å². The van der Waals surface area contributed by atoms with E-state index in [9.17, 15) is 4.79 Å². The lowest BCUT2D eigenvalue weighted by molar-refractivity contribution is -0.119. The molecular weight excluding hydrogens is 228 g/mol. The van der Waals surface area contributed by atoms with E-state index in [1.54, 1.807) is 0 Å². The largest absolute Gasteiger partial charge is 0.488 e. The summed E-state index contributed by atoms with van der Waals surface area (Å²) in [6.07, 6.45) is 0.793. The van der Waals surface area contributed by atoms with Crippen LogP contribution in [-0.4, -0.2) is 24.6 Å². The summed E-state index contributed by atoms with van der Waals surface area (Å²) in [6, 6.07) is 7.92. The summed E-state index contributed by atoms with van der Waals surface area (Å²) in [4.78, 5) is 11.0. The molecule has 1 aromatic carbocycles. The summed E-state index contributed by atoms with van der Waals surface area (Å²) in [5.41, 5.74) is 6.18. The Morgan fingerprint density at radius 1 is 1.28 bits per heavy atom. The number of nitrogens with one attached hydrogen (secondary N) is 1. The Hall–Kier alpha value is -1.55. The molecule has 0 bridgehead atoms. The second kappa shape index (κ2) is 6.40. The number of nitrogens with two attached hydrogens (primary N) is 1. The summed E-state index contributed by atoms with van der Waals surface area (Å²) in [5, 5.41) is 2.74. The first-order valence-electron chi connectivity index (χ1n) is 6.15. The molecule has 0 aliphatic rings. The van der Waals surface area contributed by atoms with Crippen molar-refractivity contribution >= 4 is 5.91 Å². The molecule has 4 heteroatoms. The van der Waals surface area contributed by atoms with E-state index in [1.165, 1.54) is 0 Å². The van der Waals surface area contributed by atoms with Gasteiger partial charge in [0.05, 0.1) is 6.54 Å². The standard InChI is InChI=1S/C14H22N2O2/c1-14(2,3)18-12-6-4-11(5-7-12)8-9-16-13(17)10-15/h4-7H,8-10,15H2,1-3H3,(H,16,17). The van der Waals surface area contributed by atoms with Crippen LogP contribution in [-0.2, 0) is 11.2 Å². The first-order valence-corrected chi connectivity index (χ1v) is 6.15. The minimum absolute atomic E-state index is 0.0400. The minimum atomic E-state index is -0.184. The number of carbonyl (C=O) groups excluding carboxylic acids is 1. The van der Waals surface area contributed by atoms with Crippen molar-refractivity contribution in [1.29, 1.82) is 0 Å². The Morgan fingerprint density at radius 2 is 1.89 bits per heavy atom. The quantitative estimate of drug-likeness (QED) is 0.832. The highest BCUT2D eigenvalue weighted by Gasteiger charge is 2.11. The van der Waals surface area contributed by atoms with Crippen LogP contribution in [0.5, 0.6) is 5.75 Å². The van der Waals surface area contributed by atoms with Crippen molar-refractivity contribution in [1.82, 2.24) is 5.32 Å². The van der Waals surface area contributed by atoms with Gasteiger partial charge in [0.15, 0.2) is 0 Å². The molecule has 0 aromatic heterocycles. The van der Waals surface area contributed by atoms with Gasteiger partial charge >= 0.3 is 0 Å². The molecule has 0 radical (unpaired) electrons. The number of ether oxygens (including phenoxy) is 1. The Morgan fingerprint density at radius 3 is 2.39 bits per heavy atom. The molecule has 18 heavy (non-hydrogen) atoms. The molecule has 1 amide bonds. The third-order valence-electron chi connectivity index (χ3n) is 2.27. The highest BCUT2D eigenvalue weighted by atomic mass is 16.5.